The zero-order valence-corrected chi connectivity index (χ0v) is 17.7. The molecule has 3 nitrogen and oxygen atoms in total. The molecule has 0 fully saturated rings. The third kappa shape index (κ3) is 3.48. The zero-order chi connectivity index (χ0) is 21.5. The molecule has 2 unspecified atom stereocenters. The lowest BCUT2D eigenvalue weighted by atomic mass is 9.87. The predicted octanol–water partition coefficient (Wildman–Crippen LogP) is 5.70. The Balaban J connectivity index is 1.86. The molecule has 30 heavy (non-hydrogen) atoms. The van der Waals surface area contributed by atoms with Crippen LogP contribution in [0.1, 0.15) is 24.5 Å². The van der Waals surface area contributed by atoms with Gasteiger partial charge in [-0.2, -0.15) is 0 Å². The van der Waals surface area contributed by atoms with Crippen molar-refractivity contribution in [2.24, 2.45) is 0 Å². The van der Waals surface area contributed by atoms with Crippen LogP contribution in [0, 0.1) is 11.6 Å². The number of rotatable bonds is 4. The van der Waals surface area contributed by atoms with Crippen molar-refractivity contribution in [1.29, 1.82) is 0 Å². The average Bonchev–Trinajstić information content (AvgIpc) is 2.71. The average molecular weight is 449 g/mol. The molecule has 0 spiro atoms. The molecule has 7 heteroatoms. The summed E-state index contributed by atoms with van der Waals surface area (Å²) in [6.45, 7) is 1.43. The van der Waals surface area contributed by atoms with Crippen LogP contribution in [0.4, 0.5) is 8.78 Å². The molecule has 0 radical (unpaired) electrons. The Labute approximate surface area is 179 Å². The highest BCUT2D eigenvalue weighted by molar-refractivity contribution is 7.92. The van der Waals surface area contributed by atoms with Gasteiger partial charge in [-0.25, -0.2) is 17.2 Å². The number of fused-ring (bicyclic) bond motifs is 1. The fraction of sp³-hybridized carbons (Fsp3) is 0.217. The van der Waals surface area contributed by atoms with Crippen LogP contribution in [0.3, 0.4) is 0 Å². The van der Waals surface area contributed by atoms with E-state index in [4.69, 9.17) is 16.3 Å². The second-order valence-corrected chi connectivity index (χ2v) is 10.4. The first kappa shape index (κ1) is 20.8. The number of hydrogen-bond donors (Lipinski definition) is 0. The maximum absolute atomic E-state index is 14.9. The third-order valence-corrected chi connectivity index (χ3v) is 8.21. The summed E-state index contributed by atoms with van der Waals surface area (Å²) in [6, 6.07) is 16.9. The van der Waals surface area contributed by atoms with Gasteiger partial charge in [0.15, 0.2) is 21.4 Å². The van der Waals surface area contributed by atoms with Crippen LogP contribution in [0.15, 0.2) is 71.6 Å². The second kappa shape index (κ2) is 7.67. The fourth-order valence-electron chi connectivity index (χ4n) is 3.99. The van der Waals surface area contributed by atoms with Crippen LogP contribution in [0.5, 0.6) is 5.75 Å². The molecule has 0 saturated heterocycles. The van der Waals surface area contributed by atoms with E-state index < -0.39 is 32.3 Å². The first-order valence-corrected chi connectivity index (χ1v) is 11.3. The highest BCUT2D eigenvalue weighted by Gasteiger charge is 2.51. The Kier molecular flexibility index (Phi) is 5.32. The van der Waals surface area contributed by atoms with Gasteiger partial charge in [0.1, 0.15) is 16.7 Å². The van der Waals surface area contributed by atoms with Gasteiger partial charge in [0.25, 0.3) is 0 Å². The van der Waals surface area contributed by atoms with Crippen molar-refractivity contribution >= 4 is 21.4 Å². The van der Waals surface area contributed by atoms with E-state index >= 15 is 0 Å². The highest BCUT2D eigenvalue weighted by Crippen LogP contribution is 2.49. The van der Waals surface area contributed by atoms with Gasteiger partial charge in [0.05, 0.1) is 10.5 Å². The summed E-state index contributed by atoms with van der Waals surface area (Å²) in [6.07, 6.45) is -0.314. The van der Waals surface area contributed by atoms with Crippen LogP contribution in [0.2, 0.25) is 5.02 Å². The van der Waals surface area contributed by atoms with Gasteiger partial charge in [0, 0.05) is 17.9 Å². The van der Waals surface area contributed by atoms with E-state index in [9.17, 15) is 17.2 Å². The second-order valence-electron chi connectivity index (χ2n) is 7.56. The lowest BCUT2D eigenvalue weighted by Gasteiger charge is -2.39. The SMILES string of the molecule is CC1(S(=O)(=O)c2ccc(Cl)cc2)CC(Cc2ccccc2)Oc2c(F)ccc(F)c21. The number of benzene rings is 3. The molecular formula is C23H19ClF2O3S. The summed E-state index contributed by atoms with van der Waals surface area (Å²) >= 11 is 5.90. The molecule has 3 aromatic rings. The molecular weight excluding hydrogens is 430 g/mol. The largest absolute Gasteiger partial charge is 0.486 e. The number of halogens is 3. The minimum atomic E-state index is -4.10. The smallest absolute Gasteiger partial charge is 0.188 e. The van der Waals surface area contributed by atoms with Crippen molar-refractivity contribution < 1.29 is 21.9 Å². The van der Waals surface area contributed by atoms with Gasteiger partial charge in [-0.15, -0.1) is 0 Å². The fourth-order valence-corrected chi connectivity index (χ4v) is 6.00. The van der Waals surface area contributed by atoms with Crippen LogP contribution >= 0.6 is 11.6 Å². The Hall–Kier alpha value is -2.44. The lowest BCUT2D eigenvalue weighted by Crippen LogP contribution is -2.44. The quantitative estimate of drug-likeness (QED) is 0.514. The lowest BCUT2D eigenvalue weighted by molar-refractivity contribution is 0.140. The molecule has 4 rings (SSSR count). The monoisotopic (exact) mass is 448 g/mol. The van der Waals surface area contributed by atoms with Crippen LogP contribution in [0.25, 0.3) is 0 Å². The highest BCUT2D eigenvalue weighted by atomic mass is 35.5. The summed E-state index contributed by atoms with van der Waals surface area (Å²) < 4.78 is 60.9. The van der Waals surface area contributed by atoms with Gasteiger partial charge in [0.2, 0.25) is 0 Å². The third-order valence-electron chi connectivity index (χ3n) is 5.51. The first-order chi connectivity index (χ1) is 14.2. The molecule has 0 aromatic heterocycles. The van der Waals surface area contributed by atoms with Gasteiger partial charge in [-0.3, -0.25) is 0 Å². The van der Waals surface area contributed by atoms with Crippen LogP contribution in [-0.4, -0.2) is 14.5 Å². The van der Waals surface area contributed by atoms with Crippen LogP contribution in [-0.2, 0) is 21.0 Å². The van der Waals surface area contributed by atoms with Gasteiger partial charge < -0.3 is 4.74 Å². The molecule has 1 aliphatic rings. The molecule has 0 N–H and O–H groups in total. The number of sulfone groups is 1. The molecule has 2 atom stereocenters. The molecule has 0 aliphatic carbocycles. The summed E-state index contributed by atoms with van der Waals surface area (Å²) in [5.41, 5.74) is 0.635. The standard InChI is InChI=1S/C23H19ClF2O3S/c1-23(30(27,28)18-9-7-16(24)8-10-18)14-17(13-15-5-3-2-4-6-15)29-22-20(26)12-11-19(25)21(22)23/h2-12,17H,13-14H2,1H3. The van der Waals surface area contributed by atoms with Crippen LogP contribution < -0.4 is 4.74 Å². The summed E-state index contributed by atoms with van der Waals surface area (Å²) in [5, 5.41) is 0.380. The van der Waals surface area contributed by atoms with Crippen molar-refractivity contribution in [2.75, 3.05) is 0 Å². The molecule has 0 bridgehead atoms. The van der Waals surface area contributed by atoms with E-state index in [2.05, 4.69) is 0 Å². The van der Waals surface area contributed by atoms with Crippen molar-refractivity contribution in [1.82, 2.24) is 0 Å². The molecule has 1 heterocycles. The molecule has 0 amide bonds. The van der Waals surface area contributed by atoms with E-state index in [0.717, 1.165) is 17.7 Å². The Morgan fingerprint density at radius 1 is 1.00 bits per heavy atom. The topological polar surface area (TPSA) is 43.4 Å². The van der Waals surface area contributed by atoms with Gasteiger partial charge >= 0.3 is 0 Å². The zero-order valence-electron chi connectivity index (χ0n) is 16.1. The van der Waals surface area contributed by atoms with E-state index in [-0.39, 0.29) is 22.6 Å². The number of hydrogen-bond acceptors (Lipinski definition) is 3. The molecule has 1 aliphatic heterocycles. The molecule has 3 aromatic carbocycles. The van der Waals surface area contributed by atoms with Crippen molar-refractivity contribution in [2.45, 2.75) is 35.5 Å². The minimum absolute atomic E-state index is 0.00984. The van der Waals surface area contributed by atoms with Gasteiger partial charge in [-0.1, -0.05) is 41.9 Å². The normalized spacial score (nSPS) is 21.0. The van der Waals surface area contributed by atoms with E-state index in [0.29, 0.717) is 11.4 Å². The Morgan fingerprint density at radius 3 is 2.30 bits per heavy atom. The molecule has 156 valence electrons. The summed E-state index contributed by atoms with van der Waals surface area (Å²) in [4.78, 5) is -0.00984. The van der Waals surface area contributed by atoms with E-state index in [1.54, 1.807) is 0 Å². The Bertz CT molecular complexity index is 1180. The maximum atomic E-state index is 14.9. The van der Waals surface area contributed by atoms with Crippen molar-refractivity contribution in [3.05, 3.63) is 94.5 Å². The molecule has 0 saturated carbocycles. The van der Waals surface area contributed by atoms with E-state index in [1.165, 1.54) is 31.2 Å². The summed E-state index contributed by atoms with van der Waals surface area (Å²) in [5.74, 6) is -1.95. The van der Waals surface area contributed by atoms with Crippen molar-refractivity contribution in [3.8, 4) is 5.75 Å². The number of ether oxygens (including phenoxy) is 1. The van der Waals surface area contributed by atoms with Crippen molar-refractivity contribution in [3.63, 3.8) is 0 Å². The first-order valence-electron chi connectivity index (χ1n) is 9.41. The van der Waals surface area contributed by atoms with Gasteiger partial charge in [-0.05, 0) is 48.9 Å². The predicted molar refractivity (Wildman–Crippen MR) is 112 cm³/mol. The maximum Gasteiger partial charge on any atom is 0.188 e. The summed E-state index contributed by atoms with van der Waals surface area (Å²) in [7, 11) is -4.10. The van der Waals surface area contributed by atoms with E-state index in [1.807, 2.05) is 30.3 Å². The minimum Gasteiger partial charge on any atom is -0.486 e. The Morgan fingerprint density at radius 2 is 1.63 bits per heavy atom.